The van der Waals surface area contributed by atoms with Gasteiger partial charge in [-0.1, -0.05) is 12.1 Å². The molecule has 2 aromatic rings. The molecule has 0 saturated carbocycles. The zero-order valence-corrected chi connectivity index (χ0v) is 14.7. The summed E-state index contributed by atoms with van der Waals surface area (Å²) in [6.45, 7) is 1.42. The summed E-state index contributed by atoms with van der Waals surface area (Å²) < 4.78 is 66.2. The Hall–Kier alpha value is -3.04. The molecule has 0 spiro atoms. The number of rotatable bonds is 2. The summed E-state index contributed by atoms with van der Waals surface area (Å²) in [6, 6.07) is 4.58. The van der Waals surface area contributed by atoms with Gasteiger partial charge in [0.25, 0.3) is 0 Å². The zero-order chi connectivity index (χ0) is 20.9. The first kappa shape index (κ1) is 19.7. The van der Waals surface area contributed by atoms with E-state index in [1.165, 1.54) is 14.0 Å². The van der Waals surface area contributed by atoms with Gasteiger partial charge in [-0.05, 0) is 24.6 Å². The summed E-state index contributed by atoms with van der Waals surface area (Å²) in [5, 5.41) is 10.7. The summed E-state index contributed by atoms with van der Waals surface area (Å²) in [5.41, 5.74) is -2.70. The highest BCUT2D eigenvalue weighted by molar-refractivity contribution is 6.02. The molecular formula is C18H15F5N4O. The van der Waals surface area contributed by atoms with Crippen LogP contribution in [0.15, 0.2) is 36.5 Å². The lowest BCUT2D eigenvalue weighted by Crippen LogP contribution is -2.62. The van der Waals surface area contributed by atoms with Crippen LogP contribution in [-0.4, -0.2) is 28.8 Å². The molecule has 1 aliphatic rings. The highest BCUT2D eigenvalue weighted by Crippen LogP contribution is 2.42. The monoisotopic (exact) mass is 398 g/mol. The summed E-state index contributed by atoms with van der Waals surface area (Å²) >= 11 is 0. The number of carbonyl (C=O) groups is 1. The van der Waals surface area contributed by atoms with Gasteiger partial charge < -0.3 is 5.32 Å². The van der Waals surface area contributed by atoms with Crippen LogP contribution in [-0.2, 0) is 16.5 Å². The Balaban J connectivity index is 2.16. The van der Waals surface area contributed by atoms with Crippen molar-refractivity contribution >= 4 is 11.9 Å². The lowest BCUT2D eigenvalue weighted by molar-refractivity contribution is -0.141. The van der Waals surface area contributed by atoms with Gasteiger partial charge in [0.1, 0.15) is 17.3 Å². The Morgan fingerprint density at radius 3 is 2.43 bits per heavy atom. The predicted octanol–water partition coefficient (Wildman–Crippen LogP) is 3.37. The molecular weight excluding hydrogens is 383 g/mol. The van der Waals surface area contributed by atoms with Gasteiger partial charge in [-0.25, -0.2) is 8.78 Å². The normalized spacial score (nSPS) is 23.0. The van der Waals surface area contributed by atoms with Crippen LogP contribution in [0.3, 0.4) is 0 Å². The molecule has 5 nitrogen and oxygen atoms in total. The smallest absolute Gasteiger partial charge is 0.346 e. The SMILES string of the molecule is CN1C(=N)N[C@](C)(c2ccc(F)cc2F)[C@H](c2ccc(C(F)(F)F)nc2)C1=O. The maximum absolute atomic E-state index is 14.5. The Bertz CT molecular complexity index is 944. The van der Waals surface area contributed by atoms with E-state index < -0.39 is 40.9 Å². The molecule has 1 saturated heterocycles. The number of pyridine rings is 1. The second kappa shape index (κ2) is 6.54. The molecule has 2 heterocycles. The number of aromatic nitrogens is 1. The lowest BCUT2D eigenvalue weighted by atomic mass is 9.74. The fraction of sp³-hybridized carbons (Fsp3) is 0.278. The fourth-order valence-electron chi connectivity index (χ4n) is 3.31. The van der Waals surface area contributed by atoms with E-state index >= 15 is 0 Å². The van der Waals surface area contributed by atoms with Crippen molar-refractivity contribution in [1.29, 1.82) is 5.41 Å². The van der Waals surface area contributed by atoms with Gasteiger partial charge in [0.2, 0.25) is 5.91 Å². The van der Waals surface area contributed by atoms with Crippen molar-refractivity contribution in [1.82, 2.24) is 15.2 Å². The molecule has 148 valence electrons. The minimum atomic E-state index is -4.65. The second-order valence-corrected chi connectivity index (χ2v) is 6.60. The van der Waals surface area contributed by atoms with Gasteiger partial charge in [0, 0.05) is 24.9 Å². The highest BCUT2D eigenvalue weighted by Gasteiger charge is 2.49. The van der Waals surface area contributed by atoms with E-state index in [1.54, 1.807) is 0 Å². The number of likely N-dealkylation sites (N-methyl/N-ethyl adjacent to an activating group) is 1. The second-order valence-electron chi connectivity index (χ2n) is 6.60. The Labute approximate surface area is 156 Å². The van der Waals surface area contributed by atoms with Gasteiger partial charge in [-0.15, -0.1) is 0 Å². The highest BCUT2D eigenvalue weighted by atomic mass is 19.4. The molecule has 0 radical (unpaired) electrons. The van der Waals surface area contributed by atoms with E-state index in [2.05, 4.69) is 10.3 Å². The van der Waals surface area contributed by atoms with Gasteiger partial charge in [-0.2, -0.15) is 13.2 Å². The number of nitrogens with one attached hydrogen (secondary N) is 2. The standard InChI is InChI=1S/C18H15F5N4O/c1-17(11-5-4-10(19)7-12(11)20)14(15(28)27(2)16(24)26-17)9-3-6-13(25-8-9)18(21,22)23/h3-8,14H,1-2H3,(H2,24,26)/t14-,17-/m1/s1. The molecule has 1 aromatic carbocycles. The summed E-state index contributed by atoms with van der Waals surface area (Å²) in [7, 11) is 1.31. The van der Waals surface area contributed by atoms with Crippen LogP contribution in [0.4, 0.5) is 22.0 Å². The van der Waals surface area contributed by atoms with Crippen molar-refractivity contribution in [3.8, 4) is 0 Å². The molecule has 2 N–H and O–H groups in total. The third-order valence-electron chi connectivity index (χ3n) is 4.77. The first-order valence-electron chi connectivity index (χ1n) is 8.08. The van der Waals surface area contributed by atoms with E-state index in [-0.39, 0.29) is 17.1 Å². The topological polar surface area (TPSA) is 69.1 Å². The molecule has 0 aliphatic carbocycles. The van der Waals surface area contributed by atoms with Crippen molar-refractivity contribution in [3.05, 3.63) is 65.0 Å². The van der Waals surface area contributed by atoms with Gasteiger partial charge in [0.15, 0.2) is 5.96 Å². The van der Waals surface area contributed by atoms with E-state index in [0.29, 0.717) is 6.07 Å². The van der Waals surface area contributed by atoms with Crippen LogP contribution < -0.4 is 5.32 Å². The first-order chi connectivity index (χ1) is 12.9. The fourth-order valence-corrected chi connectivity index (χ4v) is 3.31. The van der Waals surface area contributed by atoms with Crippen LogP contribution >= 0.6 is 0 Å². The lowest BCUT2D eigenvalue weighted by Gasteiger charge is -2.45. The Kier molecular flexibility index (Phi) is 4.60. The van der Waals surface area contributed by atoms with E-state index in [9.17, 15) is 26.7 Å². The number of halogens is 5. The number of guanidine groups is 1. The summed E-state index contributed by atoms with van der Waals surface area (Å²) in [6.07, 6.45) is -3.76. The maximum Gasteiger partial charge on any atom is 0.433 e. The molecule has 10 heteroatoms. The van der Waals surface area contributed by atoms with Crippen molar-refractivity contribution in [2.24, 2.45) is 0 Å². The van der Waals surface area contributed by atoms with Crippen LogP contribution in [0.5, 0.6) is 0 Å². The predicted molar refractivity (Wildman–Crippen MR) is 89.3 cm³/mol. The number of nitrogens with zero attached hydrogens (tertiary/aromatic N) is 2. The average molecular weight is 398 g/mol. The number of alkyl halides is 3. The van der Waals surface area contributed by atoms with Crippen LogP contribution in [0, 0.1) is 17.0 Å². The number of carbonyl (C=O) groups excluding carboxylic acids is 1. The van der Waals surface area contributed by atoms with E-state index in [1.807, 2.05) is 0 Å². The average Bonchev–Trinajstić information content (AvgIpc) is 2.59. The van der Waals surface area contributed by atoms with Crippen molar-refractivity contribution in [3.63, 3.8) is 0 Å². The molecule has 1 aliphatic heterocycles. The van der Waals surface area contributed by atoms with Crippen LogP contribution in [0.2, 0.25) is 0 Å². The van der Waals surface area contributed by atoms with E-state index in [0.717, 1.165) is 35.4 Å². The molecule has 1 fully saturated rings. The third-order valence-corrected chi connectivity index (χ3v) is 4.77. The third kappa shape index (κ3) is 3.19. The van der Waals surface area contributed by atoms with Crippen molar-refractivity contribution in [2.45, 2.75) is 24.6 Å². The number of amides is 1. The first-order valence-corrected chi connectivity index (χ1v) is 8.08. The van der Waals surface area contributed by atoms with Crippen LogP contribution in [0.1, 0.15) is 29.7 Å². The molecule has 2 atom stereocenters. The van der Waals surface area contributed by atoms with Crippen LogP contribution in [0.25, 0.3) is 0 Å². The molecule has 0 unspecified atom stereocenters. The Morgan fingerprint density at radius 1 is 1.21 bits per heavy atom. The van der Waals surface area contributed by atoms with Crippen molar-refractivity contribution in [2.75, 3.05) is 7.05 Å². The molecule has 1 amide bonds. The van der Waals surface area contributed by atoms with Gasteiger partial charge in [0.05, 0.1) is 11.5 Å². The number of hydrogen-bond acceptors (Lipinski definition) is 3. The van der Waals surface area contributed by atoms with Gasteiger partial charge >= 0.3 is 6.18 Å². The molecule has 3 rings (SSSR count). The quantitative estimate of drug-likeness (QED) is 0.763. The van der Waals surface area contributed by atoms with E-state index in [4.69, 9.17) is 5.41 Å². The number of hydrogen-bond donors (Lipinski definition) is 2. The minimum Gasteiger partial charge on any atom is -0.346 e. The van der Waals surface area contributed by atoms with Gasteiger partial charge in [-0.3, -0.25) is 20.1 Å². The molecule has 28 heavy (non-hydrogen) atoms. The minimum absolute atomic E-state index is 0.0936. The Morgan fingerprint density at radius 2 is 1.89 bits per heavy atom. The molecule has 1 aromatic heterocycles. The largest absolute Gasteiger partial charge is 0.433 e. The van der Waals surface area contributed by atoms with Crippen molar-refractivity contribution < 1.29 is 26.7 Å². The molecule has 0 bridgehead atoms. The zero-order valence-electron chi connectivity index (χ0n) is 14.7. The number of benzene rings is 1. The summed E-state index contributed by atoms with van der Waals surface area (Å²) in [4.78, 5) is 17.2. The maximum atomic E-state index is 14.5. The summed E-state index contributed by atoms with van der Waals surface area (Å²) in [5.74, 6) is -3.96.